The van der Waals surface area contributed by atoms with Gasteiger partial charge in [-0.1, -0.05) is 60.7 Å². The van der Waals surface area contributed by atoms with Crippen LogP contribution in [0.4, 0.5) is 0 Å². The highest BCUT2D eigenvalue weighted by atomic mass is 16.5. The molecule has 0 saturated heterocycles. The number of nitrogens with one attached hydrogen (secondary N) is 1. The summed E-state index contributed by atoms with van der Waals surface area (Å²) >= 11 is 0. The van der Waals surface area contributed by atoms with Crippen LogP contribution >= 0.6 is 0 Å². The van der Waals surface area contributed by atoms with E-state index in [0.717, 1.165) is 27.8 Å². The molecule has 3 nitrogen and oxygen atoms in total. The SMILES string of the molecule is CNC(=O)/C=C(/Cc1ccc(OC)cc1)c1cc2ccccc2c2ccccc12. The lowest BCUT2D eigenvalue weighted by Crippen LogP contribution is -2.15. The third kappa shape index (κ3) is 3.85. The van der Waals surface area contributed by atoms with Crippen molar-refractivity contribution in [3.05, 3.63) is 96.1 Å². The quantitative estimate of drug-likeness (QED) is 0.373. The number of carbonyl (C=O) groups is 1. The van der Waals surface area contributed by atoms with Crippen molar-refractivity contribution in [2.45, 2.75) is 6.42 Å². The maximum atomic E-state index is 12.3. The van der Waals surface area contributed by atoms with E-state index in [1.807, 2.05) is 36.4 Å². The lowest BCUT2D eigenvalue weighted by molar-refractivity contribution is -0.116. The zero-order valence-corrected chi connectivity index (χ0v) is 16.6. The highest BCUT2D eigenvalue weighted by molar-refractivity contribution is 6.13. The molecule has 0 radical (unpaired) electrons. The van der Waals surface area contributed by atoms with Gasteiger partial charge in [-0.05, 0) is 62.9 Å². The first-order chi connectivity index (χ1) is 14.2. The second-order valence-corrected chi connectivity index (χ2v) is 7.00. The first-order valence-electron chi connectivity index (χ1n) is 9.65. The molecule has 0 saturated carbocycles. The minimum Gasteiger partial charge on any atom is -0.497 e. The van der Waals surface area contributed by atoms with Crippen LogP contribution in [-0.2, 0) is 11.2 Å². The van der Waals surface area contributed by atoms with Crippen molar-refractivity contribution in [1.82, 2.24) is 5.32 Å². The molecule has 1 N–H and O–H groups in total. The van der Waals surface area contributed by atoms with Gasteiger partial charge in [-0.3, -0.25) is 4.79 Å². The monoisotopic (exact) mass is 381 g/mol. The zero-order chi connectivity index (χ0) is 20.2. The smallest absolute Gasteiger partial charge is 0.244 e. The van der Waals surface area contributed by atoms with Crippen LogP contribution < -0.4 is 10.1 Å². The van der Waals surface area contributed by atoms with Crippen molar-refractivity contribution >= 4 is 33.0 Å². The minimum absolute atomic E-state index is 0.106. The van der Waals surface area contributed by atoms with E-state index in [9.17, 15) is 4.79 Å². The molecule has 144 valence electrons. The number of carbonyl (C=O) groups excluding carboxylic acids is 1. The molecule has 0 aliphatic rings. The Labute approximate surface area is 170 Å². The van der Waals surface area contributed by atoms with Crippen molar-refractivity contribution in [2.75, 3.05) is 14.2 Å². The maximum absolute atomic E-state index is 12.3. The van der Waals surface area contributed by atoms with E-state index in [-0.39, 0.29) is 5.91 Å². The molecule has 4 aromatic rings. The van der Waals surface area contributed by atoms with Gasteiger partial charge in [0.05, 0.1) is 7.11 Å². The Morgan fingerprint density at radius 1 is 0.897 bits per heavy atom. The summed E-state index contributed by atoms with van der Waals surface area (Å²) in [4.78, 5) is 12.3. The molecule has 1 amide bonds. The maximum Gasteiger partial charge on any atom is 0.244 e. The third-order valence-electron chi connectivity index (χ3n) is 5.22. The van der Waals surface area contributed by atoms with E-state index >= 15 is 0 Å². The van der Waals surface area contributed by atoms with Gasteiger partial charge in [0.25, 0.3) is 0 Å². The molecule has 0 atom stereocenters. The molecule has 4 aromatic carbocycles. The Hall–Kier alpha value is -3.59. The standard InChI is InChI=1S/C26H23NO2/c1-27-26(28)17-20(15-18-11-13-21(29-2)14-12-18)25-16-19-7-3-4-8-22(19)23-9-5-6-10-24(23)25/h3-14,16-17H,15H2,1-2H3,(H,27,28)/b20-17-. The van der Waals surface area contributed by atoms with Crippen LogP contribution in [0.3, 0.4) is 0 Å². The lowest BCUT2D eigenvalue weighted by atomic mass is 9.90. The number of likely N-dealkylation sites (N-methyl/N-ethyl adjacent to an activating group) is 1. The number of rotatable bonds is 5. The van der Waals surface area contributed by atoms with E-state index in [1.54, 1.807) is 20.2 Å². The third-order valence-corrected chi connectivity index (χ3v) is 5.22. The highest BCUT2D eigenvalue weighted by Gasteiger charge is 2.12. The van der Waals surface area contributed by atoms with Gasteiger partial charge in [-0.2, -0.15) is 0 Å². The summed E-state index contributed by atoms with van der Waals surface area (Å²) in [5.74, 6) is 0.715. The van der Waals surface area contributed by atoms with E-state index in [1.165, 1.54) is 16.2 Å². The average molecular weight is 381 g/mol. The Bertz CT molecular complexity index is 1210. The number of ether oxygens (including phenoxy) is 1. The fraction of sp³-hybridized carbons (Fsp3) is 0.115. The van der Waals surface area contributed by atoms with Gasteiger partial charge >= 0.3 is 0 Å². The average Bonchev–Trinajstić information content (AvgIpc) is 2.78. The molecule has 0 spiro atoms. The molecular weight excluding hydrogens is 358 g/mol. The van der Waals surface area contributed by atoms with Crippen LogP contribution in [0.15, 0.2) is 84.9 Å². The van der Waals surface area contributed by atoms with E-state index in [0.29, 0.717) is 6.42 Å². The number of hydrogen-bond acceptors (Lipinski definition) is 2. The summed E-state index contributed by atoms with van der Waals surface area (Å²) in [7, 11) is 3.31. The van der Waals surface area contributed by atoms with E-state index in [4.69, 9.17) is 4.74 Å². The van der Waals surface area contributed by atoms with E-state index < -0.39 is 0 Å². The molecule has 0 aliphatic heterocycles. The summed E-state index contributed by atoms with van der Waals surface area (Å²) in [5.41, 5.74) is 3.19. The Balaban J connectivity index is 1.90. The fourth-order valence-corrected chi connectivity index (χ4v) is 3.74. The number of amides is 1. The van der Waals surface area contributed by atoms with Crippen molar-refractivity contribution in [2.24, 2.45) is 0 Å². The van der Waals surface area contributed by atoms with Gasteiger partial charge in [0, 0.05) is 13.1 Å². The number of benzene rings is 4. The number of fused-ring (bicyclic) bond motifs is 3. The second-order valence-electron chi connectivity index (χ2n) is 7.00. The Kier molecular flexibility index (Phi) is 5.30. The second kappa shape index (κ2) is 8.19. The topological polar surface area (TPSA) is 38.3 Å². The fourth-order valence-electron chi connectivity index (χ4n) is 3.74. The largest absolute Gasteiger partial charge is 0.497 e. The summed E-state index contributed by atoms with van der Waals surface area (Å²) in [6.45, 7) is 0. The van der Waals surface area contributed by atoms with Crippen LogP contribution in [0.2, 0.25) is 0 Å². The molecular formula is C26H23NO2. The lowest BCUT2D eigenvalue weighted by Gasteiger charge is -2.14. The van der Waals surface area contributed by atoms with Gasteiger partial charge in [0.1, 0.15) is 5.75 Å². The van der Waals surface area contributed by atoms with E-state index in [2.05, 4.69) is 47.8 Å². The normalized spacial score (nSPS) is 11.6. The van der Waals surface area contributed by atoms with Crippen molar-refractivity contribution in [3.63, 3.8) is 0 Å². The summed E-state index contributed by atoms with van der Waals surface area (Å²) < 4.78 is 5.27. The molecule has 0 aliphatic carbocycles. The molecule has 3 heteroatoms. The van der Waals surface area contributed by atoms with Gasteiger partial charge in [0.15, 0.2) is 0 Å². The molecule has 0 fully saturated rings. The van der Waals surface area contributed by atoms with Crippen LogP contribution in [0.1, 0.15) is 11.1 Å². The van der Waals surface area contributed by atoms with Crippen molar-refractivity contribution in [3.8, 4) is 5.75 Å². The number of allylic oxidation sites excluding steroid dienone is 1. The molecule has 4 rings (SSSR count). The predicted molar refractivity (Wildman–Crippen MR) is 120 cm³/mol. The van der Waals surface area contributed by atoms with Gasteiger partial charge in [0.2, 0.25) is 5.91 Å². The molecule has 0 unspecified atom stereocenters. The summed E-state index contributed by atoms with van der Waals surface area (Å²) in [6, 6.07) is 26.9. The van der Waals surface area contributed by atoms with Gasteiger partial charge in [-0.25, -0.2) is 0 Å². The Morgan fingerprint density at radius 3 is 2.24 bits per heavy atom. The van der Waals surface area contributed by atoms with Crippen molar-refractivity contribution < 1.29 is 9.53 Å². The zero-order valence-electron chi connectivity index (χ0n) is 16.6. The van der Waals surface area contributed by atoms with Gasteiger partial charge in [-0.15, -0.1) is 0 Å². The van der Waals surface area contributed by atoms with Crippen LogP contribution in [0.5, 0.6) is 5.75 Å². The van der Waals surface area contributed by atoms with Gasteiger partial charge < -0.3 is 10.1 Å². The van der Waals surface area contributed by atoms with Crippen LogP contribution in [0, 0.1) is 0 Å². The first kappa shape index (κ1) is 18.8. The summed E-state index contributed by atoms with van der Waals surface area (Å²) in [5, 5.41) is 7.44. The minimum atomic E-state index is -0.106. The molecule has 0 heterocycles. The van der Waals surface area contributed by atoms with Crippen LogP contribution in [0.25, 0.3) is 27.1 Å². The highest BCUT2D eigenvalue weighted by Crippen LogP contribution is 2.34. The molecule has 29 heavy (non-hydrogen) atoms. The first-order valence-corrected chi connectivity index (χ1v) is 9.65. The Morgan fingerprint density at radius 2 is 1.55 bits per heavy atom. The van der Waals surface area contributed by atoms with Crippen molar-refractivity contribution in [1.29, 1.82) is 0 Å². The molecule has 0 bridgehead atoms. The predicted octanol–water partition coefficient (Wildman–Crippen LogP) is 5.37. The number of methoxy groups -OCH3 is 1. The number of hydrogen-bond donors (Lipinski definition) is 1. The summed E-state index contributed by atoms with van der Waals surface area (Å²) in [6.07, 6.45) is 2.36. The molecule has 0 aromatic heterocycles. The van der Waals surface area contributed by atoms with Crippen LogP contribution in [-0.4, -0.2) is 20.1 Å².